The summed E-state index contributed by atoms with van der Waals surface area (Å²) >= 11 is 0. The van der Waals surface area contributed by atoms with Crippen molar-refractivity contribution < 1.29 is 9.53 Å². The Labute approximate surface area is 142 Å². The van der Waals surface area contributed by atoms with Crippen molar-refractivity contribution >= 4 is 16.7 Å². The molecule has 2 aromatic carbocycles. The summed E-state index contributed by atoms with van der Waals surface area (Å²) in [6.07, 6.45) is 3.71. The molecular formula is C22H20O2. The van der Waals surface area contributed by atoms with Gasteiger partial charge < -0.3 is 4.74 Å². The van der Waals surface area contributed by atoms with Gasteiger partial charge in [0.05, 0.1) is 0 Å². The van der Waals surface area contributed by atoms with Crippen LogP contribution in [-0.2, 0) is 9.53 Å². The van der Waals surface area contributed by atoms with Crippen LogP contribution in [-0.4, -0.2) is 5.97 Å². The molecule has 0 spiro atoms. The summed E-state index contributed by atoms with van der Waals surface area (Å²) in [5.74, 6) is -0.269. The van der Waals surface area contributed by atoms with Crippen LogP contribution >= 0.6 is 0 Å². The molecule has 120 valence electrons. The number of rotatable bonds is 4. The van der Waals surface area contributed by atoms with Crippen molar-refractivity contribution in [3.8, 4) is 0 Å². The first-order chi connectivity index (χ1) is 11.6. The zero-order valence-corrected chi connectivity index (χ0v) is 14.0. The van der Waals surface area contributed by atoms with E-state index in [1.54, 1.807) is 6.08 Å². The zero-order valence-electron chi connectivity index (χ0n) is 14.0. The number of ether oxygens (including phenoxy) is 1. The maximum absolute atomic E-state index is 12.4. The van der Waals surface area contributed by atoms with Gasteiger partial charge in [0.25, 0.3) is 0 Å². The first-order valence-corrected chi connectivity index (χ1v) is 8.04. The van der Waals surface area contributed by atoms with Crippen molar-refractivity contribution in [3.63, 3.8) is 0 Å². The van der Waals surface area contributed by atoms with E-state index < -0.39 is 6.10 Å². The van der Waals surface area contributed by atoms with Crippen LogP contribution in [0, 0.1) is 0 Å². The van der Waals surface area contributed by atoms with Gasteiger partial charge in [-0.1, -0.05) is 48.5 Å². The molecule has 1 unspecified atom stereocenters. The molecule has 3 rings (SSSR count). The molecule has 0 saturated carbocycles. The van der Waals surface area contributed by atoms with Gasteiger partial charge in [-0.2, -0.15) is 0 Å². The minimum absolute atomic E-state index is 0.269. The lowest BCUT2D eigenvalue weighted by Gasteiger charge is -2.15. The number of cyclic esters (lactones) is 1. The molecule has 2 nitrogen and oxygen atoms in total. The molecule has 0 aromatic heterocycles. The normalized spacial score (nSPS) is 16.8. The molecule has 1 atom stereocenters. The van der Waals surface area contributed by atoms with Crippen molar-refractivity contribution in [1.82, 2.24) is 0 Å². The number of carbonyl (C=O) groups excluding carboxylic acids is 1. The van der Waals surface area contributed by atoms with Gasteiger partial charge in [-0.25, -0.2) is 4.79 Å². The minimum Gasteiger partial charge on any atom is -0.449 e. The Kier molecular flexibility index (Phi) is 4.50. The number of esters is 1. The first kappa shape index (κ1) is 16.0. The van der Waals surface area contributed by atoms with Crippen molar-refractivity contribution in [2.45, 2.75) is 26.4 Å². The highest BCUT2D eigenvalue weighted by Gasteiger charge is 2.33. The van der Waals surface area contributed by atoms with Gasteiger partial charge in [0.1, 0.15) is 0 Å². The summed E-state index contributed by atoms with van der Waals surface area (Å²) < 4.78 is 5.72. The Morgan fingerprint density at radius 2 is 1.96 bits per heavy atom. The lowest BCUT2D eigenvalue weighted by molar-refractivity contribution is -0.140. The Morgan fingerprint density at radius 1 is 1.21 bits per heavy atom. The van der Waals surface area contributed by atoms with E-state index in [1.165, 1.54) is 0 Å². The fraction of sp³-hybridized carbons (Fsp3) is 0.182. The van der Waals surface area contributed by atoms with Crippen LogP contribution in [0.2, 0.25) is 0 Å². The van der Waals surface area contributed by atoms with Gasteiger partial charge in [0.2, 0.25) is 0 Å². The largest absolute Gasteiger partial charge is 0.449 e. The predicted molar refractivity (Wildman–Crippen MR) is 97.6 cm³/mol. The molecule has 2 aromatic rings. The topological polar surface area (TPSA) is 26.3 Å². The smallest absolute Gasteiger partial charge is 0.335 e. The number of carbonyl (C=O) groups is 1. The van der Waals surface area contributed by atoms with E-state index in [0.717, 1.165) is 27.5 Å². The third-order valence-electron chi connectivity index (χ3n) is 4.07. The fourth-order valence-electron chi connectivity index (χ4n) is 2.96. The highest BCUT2D eigenvalue weighted by molar-refractivity contribution is 5.95. The molecule has 1 aliphatic heterocycles. The molecule has 2 heteroatoms. The first-order valence-electron chi connectivity index (χ1n) is 8.04. The predicted octanol–water partition coefficient (Wildman–Crippen LogP) is 5.43. The Hall–Kier alpha value is -2.83. The molecule has 0 fully saturated rings. The second-order valence-corrected chi connectivity index (χ2v) is 6.07. The van der Waals surface area contributed by atoms with Crippen LogP contribution in [0.1, 0.15) is 31.9 Å². The van der Waals surface area contributed by atoms with Crippen LogP contribution in [0.5, 0.6) is 0 Å². The van der Waals surface area contributed by atoms with E-state index >= 15 is 0 Å². The van der Waals surface area contributed by atoms with Gasteiger partial charge >= 0.3 is 5.97 Å². The summed E-state index contributed by atoms with van der Waals surface area (Å²) in [5, 5.41) is 2.23. The van der Waals surface area contributed by atoms with Gasteiger partial charge in [-0.15, -0.1) is 12.3 Å². The second kappa shape index (κ2) is 6.74. The van der Waals surface area contributed by atoms with Crippen LogP contribution in [0.4, 0.5) is 0 Å². The molecule has 24 heavy (non-hydrogen) atoms. The number of benzene rings is 2. The van der Waals surface area contributed by atoms with E-state index in [4.69, 9.17) is 4.74 Å². The number of allylic oxidation sites excluding steroid dienone is 1. The average Bonchev–Trinajstić information content (AvgIpc) is 2.89. The van der Waals surface area contributed by atoms with E-state index in [-0.39, 0.29) is 5.97 Å². The molecule has 0 amide bonds. The van der Waals surface area contributed by atoms with Crippen molar-refractivity contribution in [3.05, 3.63) is 89.2 Å². The van der Waals surface area contributed by atoms with E-state index in [2.05, 4.69) is 30.5 Å². The molecular weight excluding hydrogens is 296 g/mol. The monoisotopic (exact) mass is 316 g/mol. The highest BCUT2D eigenvalue weighted by atomic mass is 16.5. The highest BCUT2D eigenvalue weighted by Crippen LogP contribution is 2.40. The summed E-state index contributed by atoms with van der Waals surface area (Å²) in [5.41, 5.74) is 6.80. The second-order valence-electron chi connectivity index (χ2n) is 6.07. The van der Waals surface area contributed by atoms with E-state index in [9.17, 15) is 4.79 Å². The third kappa shape index (κ3) is 2.97. The lowest BCUT2D eigenvalue weighted by atomic mass is 9.93. The maximum atomic E-state index is 12.4. The van der Waals surface area contributed by atoms with Gasteiger partial charge in [-0.3, -0.25) is 0 Å². The van der Waals surface area contributed by atoms with Gasteiger partial charge in [0, 0.05) is 16.7 Å². The molecule has 0 radical (unpaired) electrons. The summed E-state index contributed by atoms with van der Waals surface area (Å²) in [4.78, 5) is 12.4. The summed E-state index contributed by atoms with van der Waals surface area (Å²) in [7, 11) is 0. The quantitative estimate of drug-likeness (QED) is 0.427. The summed E-state index contributed by atoms with van der Waals surface area (Å²) in [6.45, 7) is 7.72. The lowest BCUT2D eigenvalue weighted by Crippen LogP contribution is -2.03. The van der Waals surface area contributed by atoms with Crippen molar-refractivity contribution in [1.29, 1.82) is 0 Å². The SMILES string of the molecule is C=CCC1=C(C=C=C(C)C)C(c2cccc3ccccc23)OC1=O. The van der Waals surface area contributed by atoms with Gasteiger partial charge in [-0.05, 0) is 42.7 Å². The maximum Gasteiger partial charge on any atom is 0.335 e. The van der Waals surface area contributed by atoms with E-state index in [0.29, 0.717) is 12.0 Å². The number of hydrogen-bond donors (Lipinski definition) is 0. The molecule has 0 aliphatic carbocycles. The van der Waals surface area contributed by atoms with Gasteiger partial charge in [0.15, 0.2) is 6.10 Å². The third-order valence-corrected chi connectivity index (χ3v) is 4.07. The molecule has 1 aliphatic rings. The molecule has 0 bridgehead atoms. The molecule has 0 saturated heterocycles. The Morgan fingerprint density at radius 3 is 2.71 bits per heavy atom. The Balaban J connectivity index is 2.20. The van der Waals surface area contributed by atoms with Crippen LogP contribution in [0.15, 0.2) is 83.6 Å². The van der Waals surface area contributed by atoms with Crippen LogP contribution in [0.3, 0.4) is 0 Å². The number of hydrogen-bond acceptors (Lipinski definition) is 2. The molecule has 0 N–H and O–H groups in total. The summed E-state index contributed by atoms with van der Waals surface area (Å²) in [6, 6.07) is 14.2. The van der Waals surface area contributed by atoms with Crippen LogP contribution < -0.4 is 0 Å². The van der Waals surface area contributed by atoms with Crippen molar-refractivity contribution in [2.75, 3.05) is 0 Å². The average molecular weight is 316 g/mol. The Bertz CT molecular complexity index is 899. The van der Waals surface area contributed by atoms with E-state index in [1.807, 2.05) is 44.2 Å². The molecule has 1 heterocycles. The van der Waals surface area contributed by atoms with Crippen molar-refractivity contribution in [2.24, 2.45) is 0 Å². The zero-order chi connectivity index (χ0) is 17.1. The fourth-order valence-corrected chi connectivity index (χ4v) is 2.96. The number of fused-ring (bicyclic) bond motifs is 1. The standard InChI is InChI=1S/C22H20O2/c1-4-8-20-19(14-13-15(2)3)21(24-22(20)23)18-12-7-10-16-9-5-6-11-17(16)18/h4-7,9-12,14,21H,1,8H2,2-3H3. The minimum atomic E-state index is -0.398. The van der Waals surface area contributed by atoms with Crippen LogP contribution in [0.25, 0.3) is 10.8 Å².